The number of morpholine rings is 1. The van der Waals surface area contributed by atoms with Gasteiger partial charge in [0.1, 0.15) is 6.10 Å². The molecule has 3 saturated heterocycles. The zero-order chi connectivity index (χ0) is 19.4. The van der Waals surface area contributed by atoms with Crippen LogP contribution in [0.2, 0.25) is 0 Å². The third-order valence-corrected chi connectivity index (χ3v) is 6.51. The predicted molar refractivity (Wildman–Crippen MR) is 105 cm³/mol. The first kappa shape index (κ1) is 19.3. The summed E-state index contributed by atoms with van der Waals surface area (Å²) in [5, 5.41) is 3.23. The fourth-order valence-corrected chi connectivity index (χ4v) is 4.66. The Labute approximate surface area is 166 Å². The van der Waals surface area contributed by atoms with Crippen molar-refractivity contribution in [2.75, 3.05) is 45.9 Å². The topological polar surface area (TPSA) is 74.8 Å². The molecule has 0 radical (unpaired) electrons. The summed E-state index contributed by atoms with van der Waals surface area (Å²) < 4.78 is 5.62. The Kier molecular flexibility index (Phi) is 5.92. The third-order valence-electron chi connectivity index (χ3n) is 6.51. The van der Waals surface area contributed by atoms with Gasteiger partial charge in [0.2, 0.25) is 5.91 Å². The van der Waals surface area contributed by atoms with E-state index in [0.29, 0.717) is 19.6 Å². The number of ether oxygens (including phenoxy) is 1. The van der Waals surface area contributed by atoms with Crippen LogP contribution in [0.1, 0.15) is 31.2 Å². The number of pyridine rings is 1. The first-order valence-electron chi connectivity index (χ1n) is 10.4. The van der Waals surface area contributed by atoms with Gasteiger partial charge in [-0.2, -0.15) is 0 Å². The van der Waals surface area contributed by atoms with Crippen molar-refractivity contribution in [1.29, 1.82) is 0 Å². The van der Waals surface area contributed by atoms with E-state index in [0.717, 1.165) is 58.4 Å². The number of hydrogen-bond donors (Lipinski definition) is 1. The minimum absolute atomic E-state index is 0.114. The molecule has 7 heteroatoms. The molecule has 3 aliphatic heterocycles. The zero-order valence-corrected chi connectivity index (χ0v) is 16.4. The second kappa shape index (κ2) is 8.57. The quantitative estimate of drug-likeness (QED) is 0.830. The van der Waals surface area contributed by atoms with E-state index >= 15 is 0 Å². The zero-order valence-electron chi connectivity index (χ0n) is 16.4. The van der Waals surface area contributed by atoms with Crippen molar-refractivity contribution in [2.45, 2.75) is 38.2 Å². The SMILES string of the molecule is O=C1CCC2(CCN(C(=O)[C@H]3CNCCO3)CC2)CN1CCc1ccncc1. The van der Waals surface area contributed by atoms with Gasteiger partial charge in [0.25, 0.3) is 5.91 Å². The molecule has 0 saturated carbocycles. The number of carbonyl (C=O) groups is 2. The maximum Gasteiger partial charge on any atom is 0.253 e. The standard InChI is InChI=1S/C21H30N4O3/c26-19-1-5-21(16-25(19)11-4-17-2-8-22-9-3-17)6-12-24(13-7-21)20(27)18-15-23-10-14-28-18/h2-3,8-9,18,23H,1,4-7,10-16H2/t18-/m1/s1. The Morgan fingerprint density at radius 2 is 2.04 bits per heavy atom. The highest BCUT2D eigenvalue weighted by Crippen LogP contribution is 2.40. The van der Waals surface area contributed by atoms with Crippen molar-refractivity contribution in [3.63, 3.8) is 0 Å². The highest BCUT2D eigenvalue weighted by molar-refractivity contribution is 5.81. The van der Waals surface area contributed by atoms with Gasteiger partial charge in [-0.25, -0.2) is 0 Å². The normalized spacial score (nSPS) is 25.1. The molecule has 0 unspecified atom stereocenters. The Hall–Kier alpha value is -1.99. The van der Waals surface area contributed by atoms with Gasteiger partial charge in [-0.05, 0) is 48.8 Å². The average Bonchev–Trinajstić information content (AvgIpc) is 2.76. The van der Waals surface area contributed by atoms with Crippen LogP contribution in [-0.4, -0.2) is 78.6 Å². The molecule has 4 heterocycles. The van der Waals surface area contributed by atoms with Crippen LogP contribution in [0.15, 0.2) is 24.5 Å². The second-order valence-corrected chi connectivity index (χ2v) is 8.31. The lowest BCUT2D eigenvalue weighted by molar-refractivity contribution is -0.150. The molecule has 1 spiro atoms. The van der Waals surface area contributed by atoms with E-state index in [-0.39, 0.29) is 23.3 Å². The summed E-state index contributed by atoms with van der Waals surface area (Å²) in [6.07, 6.45) is 7.63. The van der Waals surface area contributed by atoms with Crippen LogP contribution < -0.4 is 5.32 Å². The van der Waals surface area contributed by atoms with Crippen LogP contribution in [0.25, 0.3) is 0 Å². The fraction of sp³-hybridized carbons (Fsp3) is 0.667. The maximum atomic E-state index is 12.7. The third kappa shape index (κ3) is 4.36. The van der Waals surface area contributed by atoms with Crippen molar-refractivity contribution in [3.05, 3.63) is 30.1 Å². The van der Waals surface area contributed by atoms with E-state index in [1.54, 1.807) is 12.4 Å². The molecule has 1 atom stereocenters. The van der Waals surface area contributed by atoms with E-state index in [2.05, 4.69) is 10.3 Å². The Bertz CT molecular complexity index is 682. The van der Waals surface area contributed by atoms with E-state index in [1.165, 1.54) is 5.56 Å². The summed E-state index contributed by atoms with van der Waals surface area (Å²) in [5.74, 6) is 0.378. The fourth-order valence-electron chi connectivity index (χ4n) is 4.66. The number of likely N-dealkylation sites (tertiary alicyclic amines) is 2. The van der Waals surface area contributed by atoms with Gasteiger partial charge in [-0.3, -0.25) is 14.6 Å². The molecule has 3 fully saturated rings. The maximum absolute atomic E-state index is 12.7. The van der Waals surface area contributed by atoms with Crippen molar-refractivity contribution in [2.24, 2.45) is 5.41 Å². The van der Waals surface area contributed by atoms with Crippen molar-refractivity contribution < 1.29 is 14.3 Å². The number of carbonyl (C=O) groups excluding carboxylic acids is 2. The van der Waals surface area contributed by atoms with Crippen molar-refractivity contribution in [1.82, 2.24) is 20.1 Å². The Balaban J connectivity index is 1.31. The Morgan fingerprint density at radius 3 is 2.75 bits per heavy atom. The summed E-state index contributed by atoms with van der Waals surface area (Å²) in [7, 11) is 0. The van der Waals surface area contributed by atoms with Crippen LogP contribution >= 0.6 is 0 Å². The molecule has 1 aromatic heterocycles. The smallest absolute Gasteiger partial charge is 0.253 e. The van der Waals surface area contributed by atoms with Gasteiger partial charge >= 0.3 is 0 Å². The first-order valence-corrected chi connectivity index (χ1v) is 10.4. The molecule has 0 bridgehead atoms. The highest BCUT2D eigenvalue weighted by atomic mass is 16.5. The van der Waals surface area contributed by atoms with E-state index in [1.807, 2.05) is 21.9 Å². The summed E-state index contributed by atoms with van der Waals surface area (Å²) >= 11 is 0. The van der Waals surface area contributed by atoms with Gasteiger partial charge < -0.3 is 19.9 Å². The Morgan fingerprint density at radius 1 is 1.25 bits per heavy atom. The lowest BCUT2D eigenvalue weighted by atomic mass is 9.72. The van der Waals surface area contributed by atoms with Crippen LogP contribution in [0.5, 0.6) is 0 Å². The minimum atomic E-state index is -0.340. The van der Waals surface area contributed by atoms with Crippen LogP contribution in [0, 0.1) is 5.41 Å². The molecule has 1 aromatic rings. The minimum Gasteiger partial charge on any atom is -0.366 e. The molecular weight excluding hydrogens is 356 g/mol. The molecular formula is C21H30N4O3. The first-order chi connectivity index (χ1) is 13.7. The van der Waals surface area contributed by atoms with Gasteiger partial charge in [0.05, 0.1) is 6.61 Å². The van der Waals surface area contributed by atoms with E-state index in [9.17, 15) is 9.59 Å². The molecule has 0 aliphatic carbocycles. The summed E-state index contributed by atoms with van der Waals surface area (Å²) in [5.41, 5.74) is 1.37. The number of rotatable bonds is 4. The lowest BCUT2D eigenvalue weighted by Gasteiger charge is -2.48. The second-order valence-electron chi connectivity index (χ2n) is 8.31. The molecule has 0 aromatic carbocycles. The summed E-state index contributed by atoms with van der Waals surface area (Å²) in [6.45, 7) is 5.14. The number of piperidine rings is 2. The van der Waals surface area contributed by atoms with Crippen molar-refractivity contribution >= 4 is 11.8 Å². The van der Waals surface area contributed by atoms with Crippen LogP contribution in [-0.2, 0) is 20.7 Å². The molecule has 4 rings (SSSR count). The predicted octanol–water partition coefficient (Wildman–Crippen LogP) is 0.844. The van der Waals surface area contributed by atoms with Crippen LogP contribution in [0.3, 0.4) is 0 Å². The number of nitrogens with one attached hydrogen (secondary N) is 1. The van der Waals surface area contributed by atoms with Gasteiger partial charge in [-0.1, -0.05) is 0 Å². The molecule has 3 aliphatic rings. The largest absolute Gasteiger partial charge is 0.366 e. The van der Waals surface area contributed by atoms with Gasteiger partial charge in [-0.15, -0.1) is 0 Å². The molecule has 1 N–H and O–H groups in total. The highest BCUT2D eigenvalue weighted by Gasteiger charge is 2.42. The number of hydrogen-bond acceptors (Lipinski definition) is 5. The molecule has 2 amide bonds. The summed E-state index contributed by atoms with van der Waals surface area (Å²) in [4.78, 5) is 33.2. The lowest BCUT2D eigenvalue weighted by Crippen LogP contribution is -2.55. The van der Waals surface area contributed by atoms with Crippen molar-refractivity contribution in [3.8, 4) is 0 Å². The molecule has 152 valence electrons. The number of nitrogens with zero attached hydrogens (tertiary/aromatic N) is 3. The van der Waals surface area contributed by atoms with E-state index < -0.39 is 0 Å². The number of aromatic nitrogens is 1. The van der Waals surface area contributed by atoms with Gasteiger partial charge in [0.15, 0.2) is 0 Å². The average molecular weight is 386 g/mol. The van der Waals surface area contributed by atoms with E-state index in [4.69, 9.17) is 4.74 Å². The van der Waals surface area contributed by atoms with Gasteiger partial charge in [0, 0.05) is 58.1 Å². The monoisotopic (exact) mass is 386 g/mol. The summed E-state index contributed by atoms with van der Waals surface area (Å²) in [6, 6.07) is 4.02. The van der Waals surface area contributed by atoms with Crippen LogP contribution in [0.4, 0.5) is 0 Å². The number of amides is 2. The molecule has 28 heavy (non-hydrogen) atoms. The molecule has 7 nitrogen and oxygen atoms in total.